The Morgan fingerprint density at radius 2 is 2.25 bits per heavy atom. The Kier molecular flexibility index (Phi) is 3.97. The summed E-state index contributed by atoms with van der Waals surface area (Å²) in [5.41, 5.74) is 2.66. The fourth-order valence-electron chi connectivity index (χ4n) is 2.48. The summed E-state index contributed by atoms with van der Waals surface area (Å²) in [5, 5.41) is 12.9. The molecule has 2 rings (SSSR count). The van der Waals surface area contributed by atoms with Crippen molar-refractivity contribution in [2.75, 3.05) is 6.54 Å². The average Bonchev–Trinajstić information content (AvgIpc) is 2.64. The minimum Gasteiger partial charge on any atom is -0.393 e. The fraction of sp³-hybridized carbons (Fsp3) is 0.571. The van der Waals surface area contributed by atoms with E-state index in [1.807, 2.05) is 0 Å². The van der Waals surface area contributed by atoms with Gasteiger partial charge in [-0.1, -0.05) is 29.8 Å². The van der Waals surface area contributed by atoms with Gasteiger partial charge in [0, 0.05) is 6.54 Å². The van der Waals surface area contributed by atoms with E-state index in [0.717, 1.165) is 25.9 Å². The van der Waals surface area contributed by atoms with Gasteiger partial charge in [-0.3, -0.25) is 0 Å². The largest absolute Gasteiger partial charge is 0.393 e. The van der Waals surface area contributed by atoms with Crippen molar-refractivity contribution < 1.29 is 5.11 Å². The Bertz CT molecular complexity index is 337. The highest BCUT2D eigenvalue weighted by molar-refractivity contribution is 5.21. The minimum absolute atomic E-state index is 0.0502. The summed E-state index contributed by atoms with van der Waals surface area (Å²) in [6, 6.07) is 8.60. The van der Waals surface area contributed by atoms with Gasteiger partial charge in [0.1, 0.15) is 0 Å². The van der Waals surface area contributed by atoms with Crippen LogP contribution in [0.25, 0.3) is 0 Å². The lowest BCUT2D eigenvalue weighted by Gasteiger charge is -2.11. The number of rotatable bonds is 4. The predicted molar refractivity (Wildman–Crippen MR) is 66.2 cm³/mol. The van der Waals surface area contributed by atoms with E-state index in [0.29, 0.717) is 5.92 Å². The summed E-state index contributed by atoms with van der Waals surface area (Å²) in [6.45, 7) is 4.09. The van der Waals surface area contributed by atoms with Gasteiger partial charge in [0.25, 0.3) is 0 Å². The van der Waals surface area contributed by atoms with Crippen LogP contribution in [0, 0.1) is 12.8 Å². The average molecular weight is 219 g/mol. The second-order valence-corrected chi connectivity index (χ2v) is 4.95. The van der Waals surface area contributed by atoms with Crippen molar-refractivity contribution in [2.45, 2.75) is 38.8 Å². The van der Waals surface area contributed by atoms with Gasteiger partial charge in [-0.2, -0.15) is 0 Å². The third-order valence-electron chi connectivity index (χ3n) is 3.36. The van der Waals surface area contributed by atoms with Crippen LogP contribution in [0.4, 0.5) is 0 Å². The molecule has 2 heteroatoms. The van der Waals surface area contributed by atoms with Crippen LogP contribution in [-0.2, 0) is 6.54 Å². The third kappa shape index (κ3) is 3.32. The molecular weight excluding hydrogens is 198 g/mol. The number of aliphatic hydroxyl groups is 1. The molecule has 2 N–H and O–H groups in total. The first-order valence-electron chi connectivity index (χ1n) is 6.18. The Morgan fingerprint density at radius 3 is 2.94 bits per heavy atom. The number of hydrogen-bond acceptors (Lipinski definition) is 2. The molecule has 1 aliphatic rings. The molecule has 1 saturated carbocycles. The minimum atomic E-state index is -0.0502. The van der Waals surface area contributed by atoms with Gasteiger partial charge < -0.3 is 10.4 Å². The summed E-state index contributed by atoms with van der Waals surface area (Å²) >= 11 is 0. The van der Waals surface area contributed by atoms with E-state index in [-0.39, 0.29) is 6.10 Å². The first-order valence-corrected chi connectivity index (χ1v) is 6.18. The highest BCUT2D eigenvalue weighted by Crippen LogP contribution is 2.24. The molecule has 1 aliphatic carbocycles. The molecule has 1 aromatic carbocycles. The van der Waals surface area contributed by atoms with E-state index in [1.165, 1.54) is 17.5 Å². The van der Waals surface area contributed by atoms with Crippen LogP contribution in [0.2, 0.25) is 0 Å². The second-order valence-electron chi connectivity index (χ2n) is 4.95. The summed E-state index contributed by atoms with van der Waals surface area (Å²) in [4.78, 5) is 0. The zero-order valence-electron chi connectivity index (χ0n) is 9.95. The maximum Gasteiger partial charge on any atom is 0.0543 e. The molecule has 16 heavy (non-hydrogen) atoms. The van der Waals surface area contributed by atoms with Crippen LogP contribution in [0.1, 0.15) is 30.4 Å². The van der Waals surface area contributed by atoms with Crippen molar-refractivity contribution in [1.82, 2.24) is 5.32 Å². The standard InChI is InChI=1S/C14H21NO/c1-11-3-2-4-12(7-11)9-15-10-13-5-6-14(16)8-13/h2-4,7,13-16H,5-6,8-10H2,1H3. The lowest BCUT2D eigenvalue weighted by molar-refractivity contribution is 0.177. The van der Waals surface area contributed by atoms with Crippen LogP contribution < -0.4 is 5.32 Å². The van der Waals surface area contributed by atoms with Crippen LogP contribution in [-0.4, -0.2) is 17.8 Å². The Balaban J connectivity index is 1.72. The molecule has 2 nitrogen and oxygen atoms in total. The topological polar surface area (TPSA) is 32.3 Å². The van der Waals surface area contributed by atoms with Crippen molar-refractivity contribution in [2.24, 2.45) is 5.92 Å². The first-order chi connectivity index (χ1) is 7.74. The molecule has 0 aromatic heterocycles. The fourth-order valence-corrected chi connectivity index (χ4v) is 2.48. The maximum atomic E-state index is 9.42. The Labute approximate surface area is 97.7 Å². The van der Waals surface area contributed by atoms with Crippen molar-refractivity contribution in [3.05, 3.63) is 35.4 Å². The predicted octanol–water partition coefficient (Wildman–Crippen LogP) is 2.25. The molecule has 1 fully saturated rings. The van der Waals surface area contributed by atoms with E-state index >= 15 is 0 Å². The molecule has 0 radical (unpaired) electrons. The van der Waals surface area contributed by atoms with Crippen molar-refractivity contribution in [3.8, 4) is 0 Å². The van der Waals surface area contributed by atoms with E-state index in [2.05, 4.69) is 36.5 Å². The third-order valence-corrected chi connectivity index (χ3v) is 3.36. The highest BCUT2D eigenvalue weighted by Gasteiger charge is 2.21. The van der Waals surface area contributed by atoms with Crippen LogP contribution in [0.3, 0.4) is 0 Å². The zero-order chi connectivity index (χ0) is 11.4. The van der Waals surface area contributed by atoms with E-state index < -0.39 is 0 Å². The smallest absolute Gasteiger partial charge is 0.0543 e. The second kappa shape index (κ2) is 5.46. The molecule has 2 atom stereocenters. The number of aryl methyl sites for hydroxylation is 1. The lowest BCUT2D eigenvalue weighted by atomic mass is 10.1. The molecule has 2 unspecified atom stereocenters. The van der Waals surface area contributed by atoms with Gasteiger partial charge in [0.2, 0.25) is 0 Å². The molecule has 0 bridgehead atoms. The van der Waals surface area contributed by atoms with E-state index in [9.17, 15) is 5.11 Å². The first kappa shape index (κ1) is 11.6. The summed E-state index contributed by atoms with van der Waals surface area (Å²) in [7, 11) is 0. The molecule has 88 valence electrons. The zero-order valence-corrected chi connectivity index (χ0v) is 9.95. The van der Waals surface area contributed by atoms with Gasteiger partial charge in [-0.05, 0) is 44.2 Å². The van der Waals surface area contributed by atoms with Gasteiger partial charge in [-0.25, -0.2) is 0 Å². The molecule has 0 heterocycles. The highest BCUT2D eigenvalue weighted by atomic mass is 16.3. The summed E-state index contributed by atoms with van der Waals surface area (Å²) in [6.07, 6.45) is 3.07. The monoisotopic (exact) mass is 219 g/mol. The normalized spacial score (nSPS) is 24.9. The molecule has 0 amide bonds. The number of hydrogen-bond donors (Lipinski definition) is 2. The van der Waals surface area contributed by atoms with E-state index in [4.69, 9.17) is 0 Å². The molecular formula is C14H21NO. The number of aliphatic hydroxyl groups excluding tert-OH is 1. The van der Waals surface area contributed by atoms with Gasteiger partial charge >= 0.3 is 0 Å². The van der Waals surface area contributed by atoms with Crippen LogP contribution in [0.5, 0.6) is 0 Å². The Morgan fingerprint density at radius 1 is 1.38 bits per heavy atom. The van der Waals surface area contributed by atoms with Gasteiger partial charge in [-0.15, -0.1) is 0 Å². The lowest BCUT2D eigenvalue weighted by Crippen LogP contribution is -2.21. The molecule has 0 aliphatic heterocycles. The Hall–Kier alpha value is -0.860. The SMILES string of the molecule is Cc1cccc(CNCC2CCC(O)C2)c1. The van der Waals surface area contributed by atoms with E-state index in [1.54, 1.807) is 0 Å². The summed E-state index contributed by atoms with van der Waals surface area (Å²) < 4.78 is 0. The molecule has 0 saturated heterocycles. The summed E-state index contributed by atoms with van der Waals surface area (Å²) in [5.74, 6) is 0.666. The molecule has 0 spiro atoms. The van der Waals surface area contributed by atoms with Gasteiger partial charge in [0.05, 0.1) is 6.10 Å². The van der Waals surface area contributed by atoms with Crippen molar-refractivity contribution in [3.63, 3.8) is 0 Å². The maximum absolute atomic E-state index is 9.42. The van der Waals surface area contributed by atoms with Crippen LogP contribution in [0.15, 0.2) is 24.3 Å². The van der Waals surface area contributed by atoms with Gasteiger partial charge in [0.15, 0.2) is 0 Å². The van der Waals surface area contributed by atoms with Crippen molar-refractivity contribution >= 4 is 0 Å². The number of benzene rings is 1. The molecule has 1 aromatic rings. The quantitative estimate of drug-likeness (QED) is 0.814. The number of nitrogens with one attached hydrogen (secondary N) is 1. The van der Waals surface area contributed by atoms with Crippen LogP contribution >= 0.6 is 0 Å². The van der Waals surface area contributed by atoms with Crippen molar-refractivity contribution in [1.29, 1.82) is 0 Å².